The maximum Gasteiger partial charge on any atom is 0.274 e. The Hall–Kier alpha value is -3.58. The van der Waals surface area contributed by atoms with Crippen molar-refractivity contribution in [3.05, 3.63) is 72.3 Å². The Morgan fingerprint density at radius 2 is 1.93 bits per heavy atom. The van der Waals surface area contributed by atoms with Crippen LogP contribution in [-0.4, -0.2) is 40.6 Å². The van der Waals surface area contributed by atoms with E-state index < -0.39 is 5.91 Å². The lowest BCUT2D eigenvalue weighted by molar-refractivity contribution is -0.110. The SMILES string of the molecule is CN(C)Cc1cncc(-c2ccc(N)c(C(=N)C(=O)Nc3cccnc3)c2)c1. The van der Waals surface area contributed by atoms with E-state index in [0.29, 0.717) is 16.9 Å². The van der Waals surface area contributed by atoms with Crippen LogP contribution in [0.5, 0.6) is 0 Å². The molecule has 28 heavy (non-hydrogen) atoms. The van der Waals surface area contributed by atoms with Gasteiger partial charge in [-0.1, -0.05) is 6.07 Å². The molecule has 4 N–H and O–H groups in total. The molecular formula is C21H22N6O. The predicted octanol–water partition coefficient (Wildman–Crippen LogP) is 2.79. The first-order valence-corrected chi connectivity index (χ1v) is 8.73. The minimum absolute atomic E-state index is 0.208. The lowest BCUT2D eigenvalue weighted by Gasteiger charge is -2.12. The summed E-state index contributed by atoms with van der Waals surface area (Å²) in [5.74, 6) is -0.545. The number of carbonyl (C=O) groups is 1. The molecule has 0 radical (unpaired) electrons. The predicted molar refractivity (Wildman–Crippen MR) is 111 cm³/mol. The summed E-state index contributed by atoms with van der Waals surface area (Å²) in [6.45, 7) is 0.770. The maximum atomic E-state index is 12.5. The number of nitrogen functional groups attached to an aromatic ring is 1. The molecule has 142 valence electrons. The van der Waals surface area contributed by atoms with Crippen LogP contribution in [0.25, 0.3) is 11.1 Å². The standard InChI is InChI=1S/C21H22N6O/c1-27(2)13-14-8-16(11-25-10-14)15-5-6-19(22)18(9-15)20(23)21(28)26-17-4-3-7-24-12-17/h3-12,23H,13,22H2,1-2H3,(H,26,28). The number of aromatic nitrogens is 2. The molecule has 2 aromatic heterocycles. The fourth-order valence-corrected chi connectivity index (χ4v) is 2.80. The molecule has 0 fully saturated rings. The second-order valence-electron chi connectivity index (χ2n) is 6.69. The average Bonchev–Trinajstić information content (AvgIpc) is 2.68. The summed E-state index contributed by atoms with van der Waals surface area (Å²) < 4.78 is 0. The number of rotatable bonds is 6. The Balaban J connectivity index is 1.87. The highest BCUT2D eigenvalue weighted by molar-refractivity contribution is 6.48. The van der Waals surface area contributed by atoms with Gasteiger partial charge in [0.05, 0.1) is 11.9 Å². The van der Waals surface area contributed by atoms with Gasteiger partial charge in [-0.05, 0) is 55.6 Å². The van der Waals surface area contributed by atoms with Gasteiger partial charge in [0.25, 0.3) is 5.91 Å². The molecule has 0 saturated heterocycles. The Bertz CT molecular complexity index is 1000. The fourth-order valence-electron chi connectivity index (χ4n) is 2.80. The van der Waals surface area contributed by atoms with Gasteiger partial charge in [-0.15, -0.1) is 0 Å². The van der Waals surface area contributed by atoms with E-state index in [0.717, 1.165) is 23.2 Å². The summed E-state index contributed by atoms with van der Waals surface area (Å²) in [4.78, 5) is 22.8. The van der Waals surface area contributed by atoms with Crippen LogP contribution in [0.3, 0.4) is 0 Å². The monoisotopic (exact) mass is 374 g/mol. The molecule has 1 aromatic carbocycles. The minimum atomic E-state index is -0.545. The van der Waals surface area contributed by atoms with Gasteiger partial charge in [0.15, 0.2) is 0 Å². The van der Waals surface area contributed by atoms with Crippen LogP contribution in [0.4, 0.5) is 11.4 Å². The number of nitrogens with zero attached hydrogens (tertiary/aromatic N) is 3. The molecule has 0 bridgehead atoms. The maximum absolute atomic E-state index is 12.5. The van der Waals surface area contributed by atoms with Gasteiger partial charge in [0, 0.05) is 41.9 Å². The second-order valence-corrected chi connectivity index (χ2v) is 6.69. The Morgan fingerprint density at radius 3 is 2.64 bits per heavy atom. The van der Waals surface area contributed by atoms with Crippen LogP contribution in [0, 0.1) is 5.41 Å². The van der Waals surface area contributed by atoms with Gasteiger partial charge in [-0.2, -0.15) is 0 Å². The van der Waals surface area contributed by atoms with Crippen LogP contribution < -0.4 is 11.1 Å². The number of amides is 1. The van der Waals surface area contributed by atoms with Crippen molar-refractivity contribution in [1.82, 2.24) is 14.9 Å². The highest BCUT2D eigenvalue weighted by atomic mass is 16.1. The Morgan fingerprint density at radius 1 is 1.11 bits per heavy atom. The van der Waals surface area contributed by atoms with Crippen molar-refractivity contribution in [3.63, 3.8) is 0 Å². The molecule has 1 amide bonds. The summed E-state index contributed by atoms with van der Waals surface area (Å²) in [5.41, 5.74) is 9.92. The number of nitrogens with one attached hydrogen (secondary N) is 2. The fraction of sp³-hybridized carbons (Fsp3) is 0.143. The minimum Gasteiger partial charge on any atom is -0.398 e. The molecule has 3 rings (SSSR count). The lowest BCUT2D eigenvalue weighted by Crippen LogP contribution is -2.24. The summed E-state index contributed by atoms with van der Waals surface area (Å²) in [6.07, 6.45) is 6.71. The Labute approximate surface area is 163 Å². The normalized spacial score (nSPS) is 10.7. The van der Waals surface area contributed by atoms with Crippen LogP contribution in [0.2, 0.25) is 0 Å². The number of hydrogen-bond acceptors (Lipinski definition) is 6. The van der Waals surface area contributed by atoms with E-state index in [1.54, 1.807) is 36.7 Å². The van der Waals surface area contributed by atoms with Gasteiger partial charge in [0.2, 0.25) is 0 Å². The number of anilines is 2. The number of benzene rings is 1. The molecular weight excluding hydrogens is 352 g/mol. The molecule has 0 aliphatic heterocycles. The first kappa shape index (κ1) is 19.2. The summed E-state index contributed by atoms with van der Waals surface area (Å²) in [6, 6.07) is 10.8. The molecule has 7 nitrogen and oxygen atoms in total. The van der Waals surface area contributed by atoms with Crippen molar-refractivity contribution in [2.75, 3.05) is 25.1 Å². The highest BCUT2D eigenvalue weighted by Crippen LogP contribution is 2.25. The molecule has 0 spiro atoms. The van der Waals surface area contributed by atoms with E-state index in [-0.39, 0.29) is 5.71 Å². The van der Waals surface area contributed by atoms with Crippen LogP contribution >= 0.6 is 0 Å². The van der Waals surface area contributed by atoms with E-state index in [4.69, 9.17) is 11.1 Å². The summed E-state index contributed by atoms with van der Waals surface area (Å²) in [5, 5.41) is 10.9. The van der Waals surface area contributed by atoms with E-state index in [2.05, 4.69) is 20.2 Å². The molecule has 7 heteroatoms. The van der Waals surface area contributed by atoms with Gasteiger partial charge >= 0.3 is 0 Å². The van der Waals surface area contributed by atoms with Gasteiger partial charge in [0.1, 0.15) is 5.71 Å². The molecule has 0 unspecified atom stereocenters. The number of carbonyl (C=O) groups excluding carboxylic acids is 1. The topological polar surface area (TPSA) is 108 Å². The van der Waals surface area contributed by atoms with Gasteiger partial charge < -0.3 is 16.0 Å². The zero-order valence-corrected chi connectivity index (χ0v) is 15.8. The third-order valence-electron chi connectivity index (χ3n) is 4.10. The van der Waals surface area contributed by atoms with Crippen molar-refractivity contribution in [2.45, 2.75) is 6.54 Å². The Kier molecular flexibility index (Phi) is 5.76. The van der Waals surface area contributed by atoms with Crippen molar-refractivity contribution in [3.8, 4) is 11.1 Å². The zero-order valence-electron chi connectivity index (χ0n) is 15.8. The second kappa shape index (κ2) is 8.41. The summed E-state index contributed by atoms with van der Waals surface area (Å²) >= 11 is 0. The molecule has 0 saturated carbocycles. The van der Waals surface area contributed by atoms with Crippen molar-refractivity contribution in [1.29, 1.82) is 5.41 Å². The van der Waals surface area contributed by atoms with Gasteiger partial charge in [-0.3, -0.25) is 20.2 Å². The van der Waals surface area contributed by atoms with Crippen LogP contribution in [-0.2, 0) is 11.3 Å². The van der Waals surface area contributed by atoms with E-state index in [9.17, 15) is 4.79 Å². The molecule has 0 aliphatic rings. The van der Waals surface area contributed by atoms with E-state index in [1.165, 1.54) is 6.20 Å². The van der Waals surface area contributed by atoms with Crippen molar-refractivity contribution in [2.24, 2.45) is 0 Å². The smallest absolute Gasteiger partial charge is 0.274 e. The third-order valence-corrected chi connectivity index (χ3v) is 4.10. The van der Waals surface area contributed by atoms with E-state index in [1.807, 2.05) is 32.4 Å². The molecule has 0 aliphatic carbocycles. The largest absolute Gasteiger partial charge is 0.398 e. The third kappa shape index (κ3) is 4.57. The van der Waals surface area contributed by atoms with Crippen LogP contribution in [0.15, 0.2) is 61.2 Å². The number of nitrogens with two attached hydrogens (primary N) is 1. The van der Waals surface area contributed by atoms with Crippen molar-refractivity contribution < 1.29 is 4.79 Å². The zero-order chi connectivity index (χ0) is 20.1. The lowest BCUT2D eigenvalue weighted by atomic mass is 9.99. The summed E-state index contributed by atoms with van der Waals surface area (Å²) in [7, 11) is 3.99. The van der Waals surface area contributed by atoms with E-state index >= 15 is 0 Å². The number of hydrogen-bond donors (Lipinski definition) is 3. The van der Waals surface area contributed by atoms with Gasteiger partial charge in [-0.25, -0.2) is 0 Å². The quantitative estimate of drug-likeness (QED) is 0.454. The van der Waals surface area contributed by atoms with Crippen molar-refractivity contribution >= 4 is 23.0 Å². The molecule has 3 aromatic rings. The average molecular weight is 374 g/mol. The van der Waals surface area contributed by atoms with Crippen LogP contribution in [0.1, 0.15) is 11.1 Å². The highest BCUT2D eigenvalue weighted by Gasteiger charge is 2.16. The number of pyridine rings is 2. The molecule has 0 atom stereocenters. The first-order chi connectivity index (χ1) is 13.4. The molecule has 2 heterocycles. The first-order valence-electron chi connectivity index (χ1n) is 8.73.